The summed E-state index contributed by atoms with van der Waals surface area (Å²) in [6.45, 7) is 0. The Bertz CT molecular complexity index is 422. The van der Waals surface area contributed by atoms with Crippen LogP contribution in [0.15, 0.2) is 27.0 Å². The highest BCUT2D eigenvalue weighted by molar-refractivity contribution is 5.90. The smallest absolute Gasteiger partial charge is 0.400 e. The van der Waals surface area contributed by atoms with Gasteiger partial charge in [-0.25, -0.2) is 0 Å². The van der Waals surface area contributed by atoms with Gasteiger partial charge in [0.25, 0.3) is 0 Å². The number of para-hydroxylation sites is 1. The fourth-order valence-electron chi connectivity index (χ4n) is 1.12. The molecule has 2 bridgehead atoms. The SMILES string of the molecule is c1cc2oc3nc2c(c1)o3. The third-order valence-corrected chi connectivity index (χ3v) is 1.56. The molecule has 0 unspecified atom stereocenters. The summed E-state index contributed by atoms with van der Waals surface area (Å²) in [5.41, 5.74) is 2.44. The number of aromatic nitrogens is 1. The summed E-state index contributed by atoms with van der Waals surface area (Å²) in [6, 6.07) is 5.63. The molecule has 3 aromatic rings. The summed E-state index contributed by atoms with van der Waals surface area (Å²) in [7, 11) is 0. The minimum absolute atomic E-state index is 0.362. The third-order valence-electron chi connectivity index (χ3n) is 1.56. The van der Waals surface area contributed by atoms with Gasteiger partial charge in [0.15, 0.2) is 16.7 Å². The Morgan fingerprint density at radius 1 is 1.10 bits per heavy atom. The van der Waals surface area contributed by atoms with Crippen LogP contribution in [0.3, 0.4) is 0 Å². The van der Waals surface area contributed by atoms with Crippen molar-refractivity contribution in [2.45, 2.75) is 0 Å². The molecule has 0 spiro atoms. The number of hydrogen-bond acceptors (Lipinski definition) is 3. The van der Waals surface area contributed by atoms with Crippen LogP contribution >= 0.6 is 0 Å². The van der Waals surface area contributed by atoms with Gasteiger partial charge in [-0.3, -0.25) is 0 Å². The quantitative estimate of drug-likeness (QED) is 0.470. The van der Waals surface area contributed by atoms with Gasteiger partial charge in [-0.1, -0.05) is 6.07 Å². The van der Waals surface area contributed by atoms with E-state index in [-0.39, 0.29) is 0 Å². The highest BCUT2D eigenvalue weighted by Gasteiger charge is 2.10. The molecule has 2 aromatic heterocycles. The van der Waals surface area contributed by atoms with Gasteiger partial charge in [-0.2, -0.15) is 4.98 Å². The fourth-order valence-corrected chi connectivity index (χ4v) is 1.12. The van der Waals surface area contributed by atoms with Crippen molar-refractivity contribution in [2.24, 2.45) is 0 Å². The summed E-state index contributed by atoms with van der Waals surface area (Å²) in [5.74, 6) is 0.362. The van der Waals surface area contributed by atoms with E-state index in [1.54, 1.807) is 0 Å². The van der Waals surface area contributed by atoms with Gasteiger partial charge in [-0.15, -0.1) is 0 Å². The van der Waals surface area contributed by atoms with Gasteiger partial charge < -0.3 is 8.83 Å². The number of fused-ring (bicyclic) bond motifs is 1. The van der Waals surface area contributed by atoms with Gasteiger partial charge in [0, 0.05) is 0 Å². The average molecular weight is 133 g/mol. The maximum atomic E-state index is 5.11. The molecule has 0 saturated heterocycles. The molecule has 3 rings (SSSR count). The second-order valence-corrected chi connectivity index (χ2v) is 2.18. The zero-order chi connectivity index (χ0) is 6.55. The van der Waals surface area contributed by atoms with E-state index >= 15 is 0 Å². The lowest BCUT2D eigenvalue weighted by atomic mass is 10.3. The lowest BCUT2D eigenvalue weighted by Crippen LogP contribution is -1.65. The predicted octanol–water partition coefficient (Wildman–Crippen LogP) is 2.01. The normalized spacial score (nSPS) is 12.0. The van der Waals surface area contributed by atoms with Crippen LogP contribution in [0.25, 0.3) is 22.6 Å². The zero-order valence-corrected chi connectivity index (χ0v) is 5.00. The molecule has 0 amide bonds. The highest BCUT2D eigenvalue weighted by atomic mass is 16.5. The van der Waals surface area contributed by atoms with Gasteiger partial charge in [0.2, 0.25) is 0 Å². The van der Waals surface area contributed by atoms with Crippen LogP contribution in [-0.2, 0) is 0 Å². The van der Waals surface area contributed by atoms with Gasteiger partial charge in [0.05, 0.1) is 0 Å². The molecule has 2 heterocycles. The Kier molecular flexibility index (Phi) is 0.502. The van der Waals surface area contributed by atoms with Crippen LogP contribution in [0.4, 0.5) is 0 Å². The summed E-state index contributed by atoms with van der Waals surface area (Å²) < 4.78 is 10.2. The first-order valence-corrected chi connectivity index (χ1v) is 3.01. The molecule has 0 fully saturated rings. The minimum Gasteiger partial charge on any atom is -0.408 e. The molecule has 3 nitrogen and oxygen atoms in total. The molecule has 48 valence electrons. The standard InChI is InChI=1S/C7H3NO2/c1-2-4-6-5(3-1)10-7(8-6)9-4/h1-3H. The first-order valence-electron chi connectivity index (χ1n) is 3.01. The molecule has 0 atom stereocenters. The van der Waals surface area contributed by atoms with E-state index in [1.165, 1.54) is 0 Å². The first kappa shape index (κ1) is 4.33. The number of rotatable bonds is 0. The Morgan fingerprint density at radius 2 is 1.80 bits per heavy atom. The Hall–Kier alpha value is -1.51. The zero-order valence-electron chi connectivity index (χ0n) is 5.00. The largest absolute Gasteiger partial charge is 0.408 e. The lowest BCUT2D eigenvalue weighted by Gasteiger charge is -1.87. The van der Waals surface area contributed by atoms with Gasteiger partial charge in [-0.05, 0) is 12.1 Å². The van der Waals surface area contributed by atoms with E-state index in [4.69, 9.17) is 8.83 Å². The van der Waals surface area contributed by atoms with Crippen molar-refractivity contribution in [3.8, 4) is 0 Å². The average Bonchev–Trinajstić information content (AvgIpc) is 2.40. The predicted molar refractivity (Wildman–Crippen MR) is 35.0 cm³/mol. The van der Waals surface area contributed by atoms with Gasteiger partial charge in [0.1, 0.15) is 0 Å². The van der Waals surface area contributed by atoms with Crippen LogP contribution < -0.4 is 0 Å². The van der Waals surface area contributed by atoms with Gasteiger partial charge >= 0.3 is 5.91 Å². The van der Waals surface area contributed by atoms with Crippen molar-refractivity contribution in [3.05, 3.63) is 18.2 Å². The van der Waals surface area contributed by atoms with Crippen molar-refractivity contribution in [1.82, 2.24) is 4.98 Å². The number of hydrogen-bond donors (Lipinski definition) is 0. The van der Waals surface area contributed by atoms with Crippen LogP contribution in [0.5, 0.6) is 0 Å². The maximum Gasteiger partial charge on any atom is 0.400 e. The van der Waals surface area contributed by atoms with Crippen LogP contribution in [0, 0.1) is 0 Å². The van der Waals surface area contributed by atoms with Crippen molar-refractivity contribution >= 4 is 22.6 Å². The molecule has 0 aliphatic heterocycles. The number of oxazole rings is 2. The summed E-state index contributed by atoms with van der Waals surface area (Å²) in [4.78, 5) is 4.02. The summed E-state index contributed by atoms with van der Waals surface area (Å²) >= 11 is 0. The summed E-state index contributed by atoms with van der Waals surface area (Å²) in [5, 5.41) is 0. The van der Waals surface area contributed by atoms with Crippen molar-refractivity contribution in [1.29, 1.82) is 0 Å². The maximum absolute atomic E-state index is 5.11. The topological polar surface area (TPSA) is 39.2 Å². The molecule has 0 N–H and O–H groups in total. The van der Waals surface area contributed by atoms with Crippen molar-refractivity contribution in [2.75, 3.05) is 0 Å². The van der Waals surface area contributed by atoms with Crippen LogP contribution in [0.2, 0.25) is 0 Å². The lowest BCUT2D eigenvalue weighted by molar-refractivity contribution is 0.502. The molecule has 0 radical (unpaired) electrons. The molecule has 0 saturated carbocycles. The minimum atomic E-state index is 0.362. The third kappa shape index (κ3) is 0.326. The Morgan fingerprint density at radius 3 is 2.30 bits per heavy atom. The van der Waals surface area contributed by atoms with Crippen molar-refractivity contribution in [3.63, 3.8) is 0 Å². The summed E-state index contributed by atoms with van der Waals surface area (Å²) in [6.07, 6.45) is 0. The Labute approximate surface area is 55.6 Å². The van der Waals surface area contributed by atoms with E-state index < -0.39 is 0 Å². The van der Waals surface area contributed by atoms with E-state index in [9.17, 15) is 0 Å². The monoisotopic (exact) mass is 133 g/mol. The number of nitrogens with zero attached hydrogens (tertiary/aromatic N) is 1. The molecule has 0 aliphatic rings. The molecule has 3 heteroatoms. The number of benzene rings is 1. The molecule has 1 aromatic carbocycles. The second-order valence-electron chi connectivity index (χ2n) is 2.18. The van der Waals surface area contributed by atoms with Crippen molar-refractivity contribution < 1.29 is 8.83 Å². The fraction of sp³-hybridized carbons (Fsp3) is 0. The molecular weight excluding hydrogens is 130 g/mol. The van der Waals surface area contributed by atoms with Crippen LogP contribution in [-0.4, -0.2) is 4.98 Å². The van der Waals surface area contributed by atoms with Crippen LogP contribution in [0.1, 0.15) is 0 Å². The van der Waals surface area contributed by atoms with E-state index in [0.29, 0.717) is 5.91 Å². The Balaban J connectivity index is 2.86. The van der Waals surface area contributed by atoms with E-state index in [0.717, 1.165) is 16.7 Å². The molecular formula is C7H3NO2. The van der Waals surface area contributed by atoms with E-state index in [2.05, 4.69) is 4.98 Å². The second kappa shape index (κ2) is 1.16. The molecule has 10 heavy (non-hydrogen) atoms. The van der Waals surface area contributed by atoms with E-state index in [1.807, 2.05) is 18.2 Å². The first-order chi connectivity index (χ1) is 4.93. The highest BCUT2D eigenvalue weighted by Crippen LogP contribution is 2.25. The molecule has 0 aliphatic carbocycles.